The summed E-state index contributed by atoms with van der Waals surface area (Å²) >= 11 is 0. The second-order valence-electron chi connectivity index (χ2n) is 6.23. The maximum absolute atomic E-state index is 6.14. The lowest BCUT2D eigenvalue weighted by molar-refractivity contribution is -0.0149. The molecule has 20 heavy (non-hydrogen) atoms. The molecule has 2 N–H and O–H groups in total. The van der Waals surface area contributed by atoms with Crippen molar-refractivity contribution in [3.63, 3.8) is 0 Å². The predicted molar refractivity (Wildman–Crippen MR) is 83.7 cm³/mol. The van der Waals surface area contributed by atoms with Crippen molar-refractivity contribution >= 4 is 0 Å². The molecule has 1 aliphatic rings. The van der Waals surface area contributed by atoms with Gasteiger partial charge in [0, 0.05) is 25.7 Å². The number of hydrogen-bond acceptors (Lipinski definition) is 3. The number of likely N-dealkylation sites (N-methyl/N-ethyl adjacent to an activating group) is 1. The fourth-order valence-corrected chi connectivity index (χ4v) is 3.43. The molecule has 0 bridgehead atoms. The molecule has 0 radical (unpaired) electrons. The van der Waals surface area contributed by atoms with Gasteiger partial charge in [0.15, 0.2) is 0 Å². The van der Waals surface area contributed by atoms with E-state index in [0.29, 0.717) is 12.6 Å². The average Bonchev–Trinajstić information content (AvgIpc) is 2.47. The molecule has 1 aromatic rings. The van der Waals surface area contributed by atoms with Gasteiger partial charge in [-0.05, 0) is 45.2 Å². The van der Waals surface area contributed by atoms with Crippen LogP contribution in [0.5, 0.6) is 0 Å². The smallest absolute Gasteiger partial charge is 0.0589 e. The third kappa shape index (κ3) is 3.40. The van der Waals surface area contributed by atoms with Crippen LogP contribution in [0.2, 0.25) is 0 Å². The van der Waals surface area contributed by atoms with Crippen LogP contribution in [0.15, 0.2) is 24.3 Å². The molecule has 0 heterocycles. The van der Waals surface area contributed by atoms with Crippen LogP contribution >= 0.6 is 0 Å². The Balaban J connectivity index is 2.10. The molecular formula is C17H28N2O. The largest absolute Gasteiger partial charge is 0.381 e. The minimum Gasteiger partial charge on any atom is -0.381 e. The third-order valence-electron chi connectivity index (χ3n) is 4.80. The first-order valence-electron chi connectivity index (χ1n) is 7.59. The van der Waals surface area contributed by atoms with E-state index >= 15 is 0 Å². The fourth-order valence-electron chi connectivity index (χ4n) is 3.43. The first-order valence-corrected chi connectivity index (χ1v) is 7.59. The van der Waals surface area contributed by atoms with Crippen molar-refractivity contribution in [3.8, 4) is 0 Å². The molecule has 3 heteroatoms. The summed E-state index contributed by atoms with van der Waals surface area (Å²) in [6.07, 6.45) is 4.94. The molecule has 0 aliphatic heterocycles. The Kier molecular flexibility index (Phi) is 5.19. The molecule has 1 aromatic carbocycles. The van der Waals surface area contributed by atoms with E-state index in [9.17, 15) is 0 Å². The predicted octanol–water partition coefficient (Wildman–Crippen LogP) is 2.71. The van der Waals surface area contributed by atoms with Crippen LogP contribution < -0.4 is 5.73 Å². The van der Waals surface area contributed by atoms with E-state index in [-0.39, 0.29) is 5.54 Å². The van der Waals surface area contributed by atoms with Crippen LogP contribution in [0.25, 0.3) is 0 Å². The Bertz CT molecular complexity index is 435. The highest BCUT2D eigenvalue weighted by molar-refractivity contribution is 5.22. The minimum absolute atomic E-state index is 0.0860. The maximum Gasteiger partial charge on any atom is 0.0589 e. The van der Waals surface area contributed by atoms with Crippen molar-refractivity contribution < 1.29 is 4.74 Å². The summed E-state index contributed by atoms with van der Waals surface area (Å²) in [5.74, 6) is 0. The van der Waals surface area contributed by atoms with E-state index in [4.69, 9.17) is 10.5 Å². The highest BCUT2D eigenvalue weighted by Gasteiger charge is 2.38. The van der Waals surface area contributed by atoms with Gasteiger partial charge in [0.2, 0.25) is 0 Å². The number of hydrogen-bond donors (Lipinski definition) is 1. The second kappa shape index (κ2) is 6.70. The molecule has 1 fully saturated rings. The Morgan fingerprint density at radius 2 is 2.25 bits per heavy atom. The average molecular weight is 276 g/mol. The van der Waals surface area contributed by atoms with Crippen LogP contribution in [0, 0.1) is 6.92 Å². The van der Waals surface area contributed by atoms with Crippen LogP contribution in [0.3, 0.4) is 0 Å². The number of nitrogens with two attached hydrogens (primary N) is 1. The molecule has 1 saturated carbocycles. The number of methoxy groups -OCH3 is 1. The lowest BCUT2D eigenvalue weighted by Crippen LogP contribution is -2.55. The van der Waals surface area contributed by atoms with Crippen molar-refractivity contribution in [1.82, 2.24) is 4.90 Å². The Hall–Kier alpha value is -0.900. The van der Waals surface area contributed by atoms with Crippen LogP contribution in [-0.4, -0.2) is 37.2 Å². The van der Waals surface area contributed by atoms with Crippen molar-refractivity contribution in [2.24, 2.45) is 5.73 Å². The highest BCUT2D eigenvalue weighted by Crippen LogP contribution is 2.34. The molecule has 0 spiro atoms. The van der Waals surface area contributed by atoms with E-state index < -0.39 is 0 Å². The van der Waals surface area contributed by atoms with Gasteiger partial charge in [0.25, 0.3) is 0 Å². The summed E-state index contributed by atoms with van der Waals surface area (Å²) in [4.78, 5) is 2.44. The molecule has 0 saturated heterocycles. The summed E-state index contributed by atoms with van der Waals surface area (Å²) in [7, 11) is 4.02. The molecule has 2 atom stereocenters. The van der Waals surface area contributed by atoms with Gasteiger partial charge in [-0.25, -0.2) is 0 Å². The van der Waals surface area contributed by atoms with E-state index in [1.165, 1.54) is 24.0 Å². The molecule has 1 aliphatic carbocycles. The zero-order valence-electron chi connectivity index (χ0n) is 13.1. The van der Waals surface area contributed by atoms with Gasteiger partial charge in [-0.15, -0.1) is 0 Å². The second-order valence-corrected chi connectivity index (χ2v) is 6.23. The molecular weight excluding hydrogens is 248 g/mol. The number of benzene rings is 1. The van der Waals surface area contributed by atoms with E-state index in [0.717, 1.165) is 19.4 Å². The van der Waals surface area contributed by atoms with Gasteiger partial charge in [-0.1, -0.05) is 29.8 Å². The monoisotopic (exact) mass is 276 g/mol. The lowest BCUT2D eigenvalue weighted by Gasteiger charge is -2.46. The molecule has 0 aromatic heterocycles. The normalized spacial score (nSPS) is 26.9. The van der Waals surface area contributed by atoms with Crippen molar-refractivity contribution in [3.05, 3.63) is 35.4 Å². The molecule has 0 amide bonds. The molecule has 2 rings (SSSR count). The van der Waals surface area contributed by atoms with Gasteiger partial charge >= 0.3 is 0 Å². The van der Waals surface area contributed by atoms with E-state index in [1.54, 1.807) is 0 Å². The first-order chi connectivity index (χ1) is 9.59. The van der Waals surface area contributed by atoms with Crippen molar-refractivity contribution in [1.29, 1.82) is 0 Å². The van der Waals surface area contributed by atoms with Crippen LogP contribution in [0.1, 0.15) is 36.8 Å². The van der Waals surface area contributed by atoms with E-state index in [1.807, 2.05) is 7.11 Å². The van der Waals surface area contributed by atoms with Crippen LogP contribution in [0.4, 0.5) is 0 Å². The summed E-state index contributed by atoms with van der Waals surface area (Å²) < 4.78 is 5.59. The van der Waals surface area contributed by atoms with E-state index in [2.05, 4.69) is 43.1 Å². The summed E-state index contributed by atoms with van der Waals surface area (Å²) in [6.45, 7) is 3.80. The Morgan fingerprint density at radius 1 is 1.45 bits per heavy atom. The zero-order valence-corrected chi connectivity index (χ0v) is 13.1. The number of rotatable bonds is 5. The van der Waals surface area contributed by atoms with Gasteiger partial charge < -0.3 is 10.5 Å². The standard InChI is InChI=1S/C17H28N2O/c1-14-6-4-7-15(10-14)12-19(2)17(13-18)9-5-8-16(11-17)20-3/h4,6-7,10,16H,5,8-9,11-13,18H2,1-3H3. The topological polar surface area (TPSA) is 38.5 Å². The number of ether oxygens (including phenoxy) is 1. The van der Waals surface area contributed by atoms with Gasteiger partial charge in [0.1, 0.15) is 0 Å². The Labute approximate surface area is 123 Å². The van der Waals surface area contributed by atoms with Crippen LogP contribution in [-0.2, 0) is 11.3 Å². The SMILES string of the molecule is COC1CCCC(CN)(N(C)Cc2cccc(C)c2)C1. The first kappa shape index (κ1) is 15.5. The quantitative estimate of drug-likeness (QED) is 0.898. The molecule has 112 valence electrons. The summed E-state index contributed by atoms with van der Waals surface area (Å²) in [5.41, 5.74) is 8.91. The van der Waals surface area contributed by atoms with Gasteiger partial charge in [-0.3, -0.25) is 4.90 Å². The van der Waals surface area contributed by atoms with Gasteiger partial charge in [-0.2, -0.15) is 0 Å². The van der Waals surface area contributed by atoms with Crippen molar-refractivity contribution in [2.75, 3.05) is 20.7 Å². The lowest BCUT2D eigenvalue weighted by atomic mass is 9.78. The molecule has 2 unspecified atom stereocenters. The summed E-state index contributed by atoms with van der Waals surface area (Å²) in [5, 5.41) is 0. The van der Waals surface area contributed by atoms with Gasteiger partial charge in [0.05, 0.1) is 6.10 Å². The number of nitrogens with zero attached hydrogens (tertiary/aromatic N) is 1. The summed E-state index contributed by atoms with van der Waals surface area (Å²) in [6, 6.07) is 8.73. The minimum atomic E-state index is 0.0860. The fraction of sp³-hybridized carbons (Fsp3) is 0.647. The Morgan fingerprint density at radius 3 is 2.90 bits per heavy atom. The molecule has 3 nitrogen and oxygen atoms in total. The zero-order chi connectivity index (χ0) is 14.6. The third-order valence-corrected chi connectivity index (χ3v) is 4.80. The maximum atomic E-state index is 6.14. The highest BCUT2D eigenvalue weighted by atomic mass is 16.5. The number of aryl methyl sites for hydroxylation is 1. The van der Waals surface area contributed by atoms with Crippen molar-refractivity contribution in [2.45, 2.75) is 50.8 Å².